The Kier molecular flexibility index (Phi) is 7.30. The van der Waals surface area contributed by atoms with Crippen molar-refractivity contribution in [2.45, 2.75) is 37.6 Å². The highest BCUT2D eigenvalue weighted by molar-refractivity contribution is 8.00. The summed E-state index contributed by atoms with van der Waals surface area (Å²) in [4.78, 5) is 32.4. The van der Waals surface area contributed by atoms with Crippen LogP contribution in [0.25, 0.3) is 0 Å². The number of amides is 1. The molecule has 2 aromatic carbocycles. The fraction of sp³-hybridized carbons (Fsp3) is 0.261. The van der Waals surface area contributed by atoms with Gasteiger partial charge in [-0.25, -0.2) is 4.98 Å². The van der Waals surface area contributed by atoms with Gasteiger partial charge in [0.25, 0.3) is 5.56 Å². The number of hydrogen-bond acceptors (Lipinski definition) is 5. The lowest BCUT2D eigenvalue weighted by Gasteiger charge is -2.13. The molecule has 1 aromatic heterocycles. The van der Waals surface area contributed by atoms with Crippen molar-refractivity contribution in [3.05, 3.63) is 81.8 Å². The minimum absolute atomic E-state index is 0.169. The van der Waals surface area contributed by atoms with E-state index >= 15 is 0 Å². The summed E-state index contributed by atoms with van der Waals surface area (Å²) < 4.78 is 5.40. The molecule has 0 aliphatic rings. The molecule has 156 valence electrons. The van der Waals surface area contributed by atoms with Gasteiger partial charge < -0.3 is 15.0 Å². The van der Waals surface area contributed by atoms with Gasteiger partial charge in [-0.15, -0.1) is 0 Å². The molecule has 1 atom stereocenters. The van der Waals surface area contributed by atoms with Crippen LogP contribution in [-0.2, 0) is 11.2 Å². The van der Waals surface area contributed by atoms with E-state index < -0.39 is 5.25 Å². The van der Waals surface area contributed by atoms with Crippen LogP contribution < -0.4 is 15.6 Å². The van der Waals surface area contributed by atoms with Gasteiger partial charge in [0.1, 0.15) is 5.75 Å². The van der Waals surface area contributed by atoms with Crippen LogP contribution in [0.2, 0.25) is 0 Å². The molecule has 3 aromatic rings. The second-order valence-electron chi connectivity index (χ2n) is 6.80. The average Bonchev–Trinajstić information content (AvgIpc) is 2.73. The van der Waals surface area contributed by atoms with E-state index in [4.69, 9.17) is 4.74 Å². The minimum atomic E-state index is -0.431. The summed E-state index contributed by atoms with van der Waals surface area (Å²) in [6, 6.07) is 17.0. The van der Waals surface area contributed by atoms with E-state index in [0.717, 1.165) is 11.3 Å². The molecular formula is C23H25N3O3S. The number of benzene rings is 2. The van der Waals surface area contributed by atoms with Crippen LogP contribution in [0.3, 0.4) is 0 Å². The third kappa shape index (κ3) is 5.73. The van der Waals surface area contributed by atoms with Crippen molar-refractivity contribution in [1.29, 1.82) is 0 Å². The number of nitrogens with zero attached hydrogens (tertiary/aromatic N) is 1. The third-order valence-corrected chi connectivity index (χ3v) is 5.50. The lowest BCUT2D eigenvalue weighted by Crippen LogP contribution is -2.24. The molecule has 0 aliphatic heterocycles. The zero-order valence-corrected chi connectivity index (χ0v) is 18.1. The van der Waals surface area contributed by atoms with E-state index in [9.17, 15) is 9.59 Å². The van der Waals surface area contributed by atoms with Crippen LogP contribution in [0.1, 0.15) is 30.7 Å². The van der Waals surface area contributed by atoms with Crippen LogP contribution in [0.15, 0.2) is 64.5 Å². The van der Waals surface area contributed by atoms with E-state index in [-0.39, 0.29) is 11.5 Å². The molecule has 2 N–H and O–H groups in total. The van der Waals surface area contributed by atoms with E-state index in [1.807, 2.05) is 56.3 Å². The molecular weight excluding hydrogens is 398 g/mol. The summed E-state index contributed by atoms with van der Waals surface area (Å²) in [6.07, 6.45) is 0.522. The molecule has 0 fully saturated rings. The molecule has 3 rings (SSSR count). The summed E-state index contributed by atoms with van der Waals surface area (Å²) in [7, 11) is 0. The number of anilines is 1. The lowest BCUT2D eigenvalue weighted by molar-refractivity contribution is -0.115. The fourth-order valence-corrected chi connectivity index (χ4v) is 3.76. The molecule has 0 radical (unpaired) electrons. The first-order valence-electron chi connectivity index (χ1n) is 9.80. The number of H-pyrrole nitrogens is 1. The highest BCUT2D eigenvalue weighted by Crippen LogP contribution is 2.22. The van der Waals surface area contributed by atoms with Gasteiger partial charge in [0.15, 0.2) is 5.16 Å². The van der Waals surface area contributed by atoms with Crippen molar-refractivity contribution in [2.24, 2.45) is 0 Å². The summed E-state index contributed by atoms with van der Waals surface area (Å²) in [5.41, 5.74) is 2.87. The molecule has 7 heteroatoms. The maximum Gasteiger partial charge on any atom is 0.255 e. The zero-order chi connectivity index (χ0) is 21.5. The van der Waals surface area contributed by atoms with Gasteiger partial charge in [0.2, 0.25) is 5.91 Å². The maximum atomic E-state index is 12.6. The van der Waals surface area contributed by atoms with Gasteiger partial charge >= 0.3 is 0 Å². The molecule has 0 saturated heterocycles. The molecule has 0 spiro atoms. The predicted molar refractivity (Wildman–Crippen MR) is 120 cm³/mol. The lowest BCUT2D eigenvalue weighted by atomic mass is 10.1. The molecule has 0 saturated carbocycles. The van der Waals surface area contributed by atoms with Crippen LogP contribution in [-0.4, -0.2) is 27.7 Å². The van der Waals surface area contributed by atoms with E-state index in [0.29, 0.717) is 35.1 Å². The number of hydrogen-bond donors (Lipinski definition) is 2. The van der Waals surface area contributed by atoms with Crippen molar-refractivity contribution in [2.75, 3.05) is 11.9 Å². The Balaban J connectivity index is 1.65. The standard InChI is InChI=1S/C23H25N3O3S/c1-4-29-19-12-10-18(11-13-19)25-21(27)16(3)30-23-24-15(2)20(22(28)26-23)14-17-8-6-5-7-9-17/h5-13,16H,4,14H2,1-3H3,(H,25,27)(H,24,26,28). The van der Waals surface area contributed by atoms with E-state index in [2.05, 4.69) is 15.3 Å². The van der Waals surface area contributed by atoms with Crippen molar-refractivity contribution in [1.82, 2.24) is 9.97 Å². The Morgan fingerprint density at radius 3 is 2.50 bits per heavy atom. The van der Waals surface area contributed by atoms with Crippen molar-refractivity contribution in [3.63, 3.8) is 0 Å². The number of aryl methyl sites for hydroxylation is 1. The fourth-order valence-electron chi connectivity index (χ4n) is 2.91. The Bertz CT molecular complexity index is 1050. The number of ether oxygens (including phenoxy) is 1. The number of aromatic nitrogens is 2. The zero-order valence-electron chi connectivity index (χ0n) is 17.3. The molecule has 0 aliphatic carbocycles. The first-order valence-corrected chi connectivity index (χ1v) is 10.7. The van der Waals surface area contributed by atoms with Gasteiger partial charge in [0, 0.05) is 23.4 Å². The Labute approximate surface area is 180 Å². The largest absolute Gasteiger partial charge is 0.494 e. The second-order valence-corrected chi connectivity index (χ2v) is 8.13. The molecule has 1 amide bonds. The van der Waals surface area contributed by atoms with Crippen LogP contribution in [0.5, 0.6) is 5.75 Å². The summed E-state index contributed by atoms with van der Waals surface area (Å²) >= 11 is 1.22. The number of aromatic amines is 1. The molecule has 1 unspecified atom stereocenters. The molecule has 30 heavy (non-hydrogen) atoms. The van der Waals surface area contributed by atoms with Crippen LogP contribution >= 0.6 is 11.8 Å². The molecule has 1 heterocycles. The smallest absolute Gasteiger partial charge is 0.255 e. The van der Waals surface area contributed by atoms with Crippen molar-refractivity contribution < 1.29 is 9.53 Å². The number of nitrogens with one attached hydrogen (secondary N) is 2. The molecule has 6 nitrogen and oxygen atoms in total. The van der Waals surface area contributed by atoms with Gasteiger partial charge in [-0.2, -0.15) is 0 Å². The highest BCUT2D eigenvalue weighted by Gasteiger charge is 2.18. The predicted octanol–water partition coefficient (Wildman–Crippen LogP) is 4.19. The quantitative estimate of drug-likeness (QED) is 0.419. The number of carbonyl (C=O) groups excluding carboxylic acids is 1. The first kappa shape index (κ1) is 21.6. The van der Waals surface area contributed by atoms with Crippen molar-refractivity contribution in [3.8, 4) is 5.75 Å². The average molecular weight is 424 g/mol. The van der Waals surface area contributed by atoms with E-state index in [1.165, 1.54) is 11.8 Å². The van der Waals surface area contributed by atoms with Gasteiger partial charge in [-0.3, -0.25) is 9.59 Å². The number of thioether (sulfide) groups is 1. The normalized spacial score (nSPS) is 11.7. The Hall–Kier alpha value is -3.06. The first-order chi connectivity index (χ1) is 14.5. The van der Waals surface area contributed by atoms with Crippen LogP contribution in [0.4, 0.5) is 5.69 Å². The molecule has 0 bridgehead atoms. The van der Waals surface area contributed by atoms with E-state index in [1.54, 1.807) is 19.1 Å². The second kappa shape index (κ2) is 10.1. The summed E-state index contributed by atoms with van der Waals surface area (Å²) in [5, 5.41) is 2.87. The minimum Gasteiger partial charge on any atom is -0.494 e. The Morgan fingerprint density at radius 2 is 1.87 bits per heavy atom. The summed E-state index contributed by atoms with van der Waals surface area (Å²) in [6.45, 7) is 6.11. The topological polar surface area (TPSA) is 84.1 Å². The number of rotatable bonds is 8. The summed E-state index contributed by atoms with van der Waals surface area (Å²) in [5.74, 6) is 0.587. The van der Waals surface area contributed by atoms with Gasteiger partial charge in [-0.05, 0) is 50.6 Å². The number of carbonyl (C=O) groups is 1. The third-order valence-electron chi connectivity index (χ3n) is 4.51. The van der Waals surface area contributed by atoms with Crippen LogP contribution in [0, 0.1) is 6.92 Å². The van der Waals surface area contributed by atoms with Gasteiger partial charge in [-0.1, -0.05) is 42.1 Å². The van der Waals surface area contributed by atoms with Crippen molar-refractivity contribution >= 4 is 23.4 Å². The highest BCUT2D eigenvalue weighted by atomic mass is 32.2. The Morgan fingerprint density at radius 1 is 1.17 bits per heavy atom. The van der Waals surface area contributed by atoms with Gasteiger partial charge in [0.05, 0.1) is 11.9 Å². The SMILES string of the molecule is CCOc1ccc(NC(=O)C(C)Sc2nc(C)c(Cc3ccccc3)c(=O)[nH]2)cc1. The maximum absolute atomic E-state index is 12.6. The monoisotopic (exact) mass is 423 g/mol.